The van der Waals surface area contributed by atoms with Crippen molar-refractivity contribution in [2.24, 2.45) is 0 Å². The van der Waals surface area contributed by atoms with E-state index in [1.807, 2.05) is 0 Å². The molecule has 1 aliphatic rings. The summed E-state index contributed by atoms with van der Waals surface area (Å²) < 4.78 is 30.6. The lowest BCUT2D eigenvalue weighted by atomic mass is 10.2. The van der Waals surface area contributed by atoms with Crippen LogP contribution in [0.3, 0.4) is 0 Å². The third-order valence-electron chi connectivity index (χ3n) is 5.13. The average molecular weight is 508 g/mol. The number of halogens is 1. The molecule has 0 saturated carbocycles. The van der Waals surface area contributed by atoms with Crippen LogP contribution in [0.15, 0.2) is 53.4 Å². The number of sulfone groups is 1. The van der Waals surface area contributed by atoms with Gasteiger partial charge < -0.3 is 20.3 Å². The molecule has 0 aliphatic carbocycles. The van der Waals surface area contributed by atoms with Crippen molar-refractivity contribution < 1.29 is 27.5 Å². The van der Waals surface area contributed by atoms with Crippen molar-refractivity contribution in [3.63, 3.8) is 0 Å². The zero-order chi connectivity index (χ0) is 24.6. The van der Waals surface area contributed by atoms with Gasteiger partial charge in [-0.2, -0.15) is 0 Å². The Morgan fingerprint density at radius 1 is 1.06 bits per heavy atom. The van der Waals surface area contributed by atoms with Crippen molar-refractivity contribution in [1.29, 1.82) is 0 Å². The van der Waals surface area contributed by atoms with E-state index in [0.717, 1.165) is 0 Å². The van der Waals surface area contributed by atoms with Crippen LogP contribution in [0.4, 0.5) is 0 Å². The summed E-state index contributed by atoms with van der Waals surface area (Å²) in [5, 5.41) is 5.81. The van der Waals surface area contributed by atoms with E-state index in [1.165, 1.54) is 23.1 Å². The molecule has 2 N–H and O–H groups in total. The molecule has 34 heavy (non-hydrogen) atoms. The number of fused-ring (bicyclic) bond motifs is 1. The van der Waals surface area contributed by atoms with Gasteiger partial charge in [0.15, 0.2) is 9.84 Å². The fraction of sp³-hybridized carbons (Fsp3) is 0.348. The highest BCUT2D eigenvalue weighted by Crippen LogP contribution is 2.23. The van der Waals surface area contributed by atoms with Crippen LogP contribution in [-0.2, 0) is 19.4 Å². The van der Waals surface area contributed by atoms with Gasteiger partial charge in [0.2, 0.25) is 11.8 Å². The summed E-state index contributed by atoms with van der Waals surface area (Å²) in [6, 6.07) is 12.6. The van der Waals surface area contributed by atoms with Crippen LogP contribution in [0, 0.1) is 0 Å². The van der Waals surface area contributed by atoms with Crippen LogP contribution >= 0.6 is 11.6 Å². The lowest BCUT2D eigenvalue weighted by Crippen LogP contribution is -2.43. The van der Waals surface area contributed by atoms with Crippen LogP contribution < -0.4 is 15.4 Å². The molecule has 9 nitrogen and oxygen atoms in total. The van der Waals surface area contributed by atoms with Crippen molar-refractivity contribution >= 4 is 39.2 Å². The first-order valence-electron chi connectivity index (χ1n) is 10.8. The number of carbonyl (C=O) groups excluding carboxylic acids is 3. The molecular weight excluding hydrogens is 482 g/mol. The van der Waals surface area contributed by atoms with Crippen molar-refractivity contribution in [2.45, 2.75) is 17.7 Å². The number of benzene rings is 2. The van der Waals surface area contributed by atoms with E-state index in [1.54, 1.807) is 30.3 Å². The van der Waals surface area contributed by atoms with Gasteiger partial charge in [-0.3, -0.25) is 14.4 Å². The molecule has 0 aromatic heterocycles. The van der Waals surface area contributed by atoms with Gasteiger partial charge in [0.1, 0.15) is 12.4 Å². The predicted molar refractivity (Wildman–Crippen MR) is 127 cm³/mol. The van der Waals surface area contributed by atoms with Gasteiger partial charge in [0.05, 0.1) is 29.3 Å². The molecule has 2 aromatic rings. The summed E-state index contributed by atoms with van der Waals surface area (Å²) in [7, 11) is -3.63. The van der Waals surface area contributed by atoms with E-state index >= 15 is 0 Å². The zero-order valence-corrected chi connectivity index (χ0v) is 20.0. The van der Waals surface area contributed by atoms with Crippen molar-refractivity contribution in [3.8, 4) is 5.75 Å². The van der Waals surface area contributed by atoms with E-state index < -0.39 is 15.7 Å². The van der Waals surface area contributed by atoms with Gasteiger partial charge in [0, 0.05) is 24.5 Å². The normalized spacial score (nSPS) is 15.9. The Morgan fingerprint density at radius 2 is 1.82 bits per heavy atom. The summed E-state index contributed by atoms with van der Waals surface area (Å²) in [6.45, 7) is 0.462. The molecule has 0 bridgehead atoms. The third-order valence-corrected chi connectivity index (χ3v) is 7.10. The molecule has 182 valence electrons. The largest absolute Gasteiger partial charge is 0.491 e. The highest BCUT2D eigenvalue weighted by molar-refractivity contribution is 7.91. The Labute approximate surface area is 203 Å². The van der Waals surface area contributed by atoms with Crippen LogP contribution in [0.5, 0.6) is 5.75 Å². The summed E-state index contributed by atoms with van der Waals surface area (Å²) in [4.78, 5) is 39.2. The fourth-order valence-electron chi connectivity index (χ4n) is 3.37. The Kier molecular flexibility index (Phi) is 8.89. The number of hydrogen-bond donors (Lipinski definition) is 2. The lowest BCUT2D eigenvalue weighted by molar-refractivity contribution is -0.135. The number of nitrogens with one attached hydrogen (secondary N) is 2. The summed E-state index contributed by atoms with van der Waals surface area (Å²) in [5.41, 5.74) is 0.273. The summed E-state index contributed by atoms with van der Waals surface area (Å²) >= 11 is 6.01. The molecule has 0 fully saturated rings. The maximum absolute atomic E-state index is 12.8. The number of carbonyl (C=O) groups is 3. The quantitative estimate of drug-likeness (QED) is 0.649. The number of rotatable bonds is 4. The van der Waals surface area contributed by atoms with E-state index in [9.17, 15) is 22.8 Å². The van der Waals surface area contributed by atoms with Crippen molar-refractivity contribution in [2.75, 3.05) is 38.5 Å². The zero-order valence-electron chi connectivity index (χ0n) is 18.5. The molecular formula is C23H26ClN3O6S. The minimum atomic E-state index is -3.63. The maximum Gasteiger partial charge on any atom is 0.255 e. The average Bonchev–Trinajstić information content (AvgIpc) is 2.83. The molecule has 1 aliphatic heterocycles. The second kappa shape index (κ2) is 11.8. The SMILES string of the molecule is O=C1CN(C(=O)CCS(=O)(=O)c2ccccc2)CCCNC(=O)c2cc(Cl)ccc2OCCN1. The van der Waals surface area contributed by atoms with Gasteiger partial charge in [-0.1, -0.05) is 29.8 Å². The number of nitrogens with zero attached hydrogens (tertiary/aromatic N) is 1. The van der Waals surface area contributed by atoms with E-state index in [2.05, 4.69) is 10.6 Å². The van der Waals surface area contributed by atoms with E-state index in [0.29, 0.717) is 17.2 Å². The van der Waals surface area contributed by atoms with Crippen LogP contribution in [-0.4, -0.2) is 69.6 Å². The van der Waals surface area contributed by atoms with Gasteiger partial charge in [-0.05, 0) is 36.8 Å². The van der Waals surface area contributed by atoms with Crippen molar-refractivity contribution in [1.82, 2.24) is 15.5 Å². The molecule has 0 radical (unpaired) electrons. The molecule has 0 saturated heterocycles. The smallest absolute Gasteiger partial charge is 0.255 e. The molecule has 3 rings (SSSR count). The lowest BCUT2D eigenvalue weighted by Gasteiger charge is -2.23. The highest BCUT2D eigenvalue weighted by Gasteiger charge is 2.22. The molecule has 2 aromatic carbocycles. The monoisotopic (exact) mass is 507 g/mol. The first kappa shape index (κ1) is 25.5. The number of ether oxygens (including phenoxy) is 1. The Bertz CT molecular complexity index is 1140. The second-order valence-electron chi connectivity index (χ2n) is 7.65. The molecule has 0 spiro atoms. The van der Waals surface area contributed by atoms with E-state index in [4.69, 9.17) is 16.3 Å². The van der Waals surface area contributed by atoms with Gasteiger partial charge in [-0.15, -0.1) is 0 Å². The Balaban J connectivity index is 1.65. The standard InChI is InChI=1S/C23H26ClN3O6S/c24-17-7-8-20-19(15-17)23(30)26-10-4-12-27(16-21(28)25-11-13-33-20)22(29)9-14-34(31,32)18-5-2-1-3-6-18/h1-3,5-8,15H,4,9-14,16H2,(H,25,28)(H,26,30). The minimum Gasteiger partial charge on any atom is -0.491 e. The predicted octanol–water partition coefficient (Wildman–Crippen LogP) is 1.66. The van der Waals surface area contributed by atoms with E-state index in [-0.39, 0.29) is 67.2 Å². The minimum absolute atomic E-state index is 0.108. The number of hydrogen-bond acceptors (Lipinski definition) is 6. The highest BCUT2D eigenvalue weighted by atomic mass is 35.5. The maximum atomic E-state index is 12.8. The van der Waals surface area contributed by atoms with Crippen LogP contribution in [0.25, 0.3) is 0 Å². The molecule has 11 heteroatoms. The molecule has 3 amide bonds. The Hall–Kier alpha value is -3.11. The van der Waals surface area contributed by atoms with Gasteiger partial charge >= 0.3 is 0 Å². The third kappa shape index (κ3) is 7.19. The van der Waals surface area contributed by atoms with Crippen LogP contribution in [0.2, 0.25) is 5.02 Å². The second-order valence-corrected chi connectivity index (χ2v) is 10.2. The fourth-order valence-corrected chi connectivity index (χ4v) is 4.79. The molecule has 0 unspecified atom stereocenters. The van der Waals surface area contributed by atoms with Crippen molar-refractivity contribution in [3.05, 3.63) is 59.1 Å². The van der Waals surface area contributed by atoms with Gasteiger partial charge in [-0.25, -0.2) is 8.42 Å². The Morgan fingerprint density at radius 3 is 2.59 bits per heavy atom. The molecule has 0 atom stereocenters. The first-order chi connectivity index (χ1) is 16.3. The molecule has 1 heterocycles. The summed E-state index contributed by atoms with van der Waals surface area (Å²) in [5.74, 6) is -1.23. The number of amides is 3. The topological polar surface area (TPSA) is 122 Å². The van der Waals surface area contributed by atoms with Gasteiger partial charge in [0.25, 0.3) is 5.91 Å². The van der Waals surface area contributed by atoms with Crippen LogP contribution in [0.1, 0.15) is 23.2 Å². The summed E-state index contributed by atoms with van der Waals surface area (Å²) in [6.07, 6.45) is 0.110. The first-order valence-corrected chi connectivity index (χ1v) is 12.8.